The fourth-order valence-electron chi connectivity index (χ4n) is 5.34. The van der Waals surface area contributed by atoms with Crippen LogP contribution in [0.1, 0.15) is 28.2 Å². The molecule has 0 N–H and O–H groups in total. The van der Waals surface area contributed by atoms with Crippen LogP contribution in [0.15, 0.2) is 83.5 Å². The van der Waals surface area contributed by atoms with Crippen LogP contribution < -0.4 is 0 Å². The first-order valence-electron chi connectivity index (χ1n) is 12.1. The molecule has 2 aromatic heterocycles. The van der Waals surface area contributed by atoms with Gasteiger partial charge in [-0.2, -0.15) is 9.40 Å². The second kappa shape index (κ2) is 9.48. The second-order valence-corrected chi connectivity index (χ2v) is 11.9. The normalized spacial score (nSPS) is 19.2. The van der Waals surface area contributed by atoms with Gasteiger partial charge in [0.1, 0.15) is 17.3 Å². The van der Waals surface area contributed by atoms with Gasteiger partial charge in [-0.15, -0.1) is 0 Å². The average molecular weight is 567 g/mol. The van der Waals surface area contributed by atoms with E-state index in [0.29, 0.717) is 5.69 Å². The van der Waals surface area contributed by atoms with Crippen molar-refractivity contribution >= 4 is 33.5 Å². The third-order valence-electron chi connectivity index (χ3n) is 7.31. The van der Waals surface area contributed by atoms with Crippen LogP contribution in [0.5, 0.6) is 0 Å². The first-order chi connectivity index (χ1) is 18.7. The number of Topliss-reactive ketones (excluding diaryl/α,β-unsaturated/α-hetero) is 1. The van der Waals surface area contributed by atoms with Gasteiger partial charge in [0.25, 0.3) is 0 Å². The maximum Gasteiger partial charge on any atom is 0.243 e. The molecule has 2 aromatic carbocycles. The summed E-state index contributed by atoms with van der Waals surface area (Å²) >= 11 is 5.77. The Hall–Kier alpha value is -3.73. The maximum absolute atomic E-state index is 14.2. The average Bonchev–Trinajstić information content (AvgIpc) is 3.35. The third-order valence-corrected chi connectivity index (χ3v) is 9.46. The predicted molar refractivity (Wildman–Crippen MR) is 141 cm³/mol. The molecule has 0 unspecified atom stereocenters. The molecule has 1 aliphatic carbocycles. The summed E-state index contributed by atoms with van der Waals surface area (Å²) in [6.07, 6.45) is 5.49. The molecule has 0 amide bonds. The van der Waals surface area contributed by atoms with Crippen LogP contribution in [0.2, 0.25) is 5.02 Å². The topological polar surface area (TPSA) is 85.2 Å². The minimum atomic E-state index is -4.15. The van der Waals surface area contributed by atoms with Crippen molar-refractivity contribution in [2.24, 2.45) is 5.41 Å². The molecule has 1 aliphatic heterocycles. The Balaban J connectivity index is 1.45. The van der Waals surface area contributed by atoms with Crippen molar-refractivity contribution in [3.8, 4) is 5.69 Å². The van der Waals surface area contributed by atoms with Gasteiger partial charge in [0.05, 0.1) is 32.9 Å². The number of hydrogen-bond donors (Lipinski definition) is 0. The number of aromatic nitrogens is 3. The summed E-state index contributed by atoms with van der Waals surface area (Å²) in [6, 6.07) is 14.3. The number of rotatable bonds is 5. The molecule has 0 bridgehead atoms. The van der Waals surface area contributed by atoms with Gasteiger partial charge in [-0.1, -0.05) is 23.2 Å². The molecule has 6 rings (SSSR count). The van der Waals surface area contributed by atoms with Gasteiger partial charge in [-0.05, 0) is 79.1 Å². The van der Waals surface area contributed by atoms with Crippen molar-refractivity contribution in [2.45, 2.75) is 17.7 Å². The van der Waals surface area contributed by atoms with Crippen molar-refractivity contribution in [2.75, 3.05) is 13.1 Å². The van der Waals surface area contributed by atoms with Crippen molar-refractivity contribution in [1.82, 2.24) is 19.1 Å². The monoisotopic (exact) mass is 566 g/mol. The molecular weight excluding hydrogens is 546 g/mol. The van der Waals surface area contributed by atoms with E-state index < -0.39 is 21.3 Å². The Morgan fingerprint density at radius 2 is 1.85 bits per heavy atom. The van der Waals surface area contributed by atoms with Crippen LogP contribution in [0.3, 0.4) is 0 Å². The summed E-state index contributed by atoms with van der Waals surface area (Å²) in [7, 11) is -4.15. The highest BCUT2D eigenvalue weighted by atomic mass is 35.5. The molecule has 1 saturated heterocycles. The number of nitrogens with zero attached hydrogens (tertiary/aromatic N) is 4. The molecular formula is C28H21ClF2N4O3S. The lowest BCUT2D eigenvalue weighted by Crippen LogP contribution is -2.53. The van der Waals surface area contributed by atoms with E-state index in [1.54, 1.807) is 41.2 Å². The summed E-state index contributed by atoms with van der Waals surface area (Å²) in [5, 5.41) is 4.31. The summed E-state index contributed by atoms with van der Waals surface area (Å²) in [6.45, 7) is -0.0579. The van der Waals surface area contributed by atoms with Crippen LogP contribution in [-0.2, 0) is 16.4 Å². The van der Waals surface area contributed by atoms with Gasteiger partial charge in [0.2, 0.25) is 10.0 Å². The largest absolute Gasteiger partial charge is 0.291 e. The molecule has 7 nitrogen and oxygen atoms in total. The Morgan fingerprint density at radius 3 is 2.56 bits per heavy atom. The van der Waals surface area contributed by atoms with Gasteiger partial charge in [-0.25, -0.2) is 21.9 Å². The fourth-order valence-corrected chi connectivity index (χ4v) is 6.97. The van der Waals surface area contributed by atoms with E-state index in [4.69, 9.17) is 11.6 Å². The van der Waals surface area contributed by atoms with E-state index in [0.717, 1.165) is 22.9 Å². The van der Waals surface area contributed by atoms with Crippen LogP contribution in [0.4, 0.5) is 8.78 Å². The number of carbonyl (C=O) groups is 1. The zero-order valence-corrected chi connectivity index (χ0v) is 22.0. The molecule has 198 valence electrons. The number of ketones is 1. The fraction of sp³-hybridized carbons (Fsp3) is 0.179. The highest BCUT2D eigenvalue weighted by Gasteiger charge is 2.51. The van der Waals surface area contributed by atoms with Gasteiger partial charge >= 0.3 is 0 Å². The number of benzene rings is 2. The second-order valence-electron chi connectivity index (χ2n) is 9.58. The van der Waals surface area contributed by atoms with Gasteiger partial charge in [0, 0.05) is 19.3 Å². The van der Waals surface area contributed by atoms with Gasteiger partial charge in [0.15, 0.2) is 5.78 Å². The minimum absolute atomic E-state index is 0.0929. The Labute approximate surface area is 228 Å². The molecule has 1 fully saturated rings. The van der Waals surface area contributed by atoms with E-state index in [1.165, 1.54) is 34.8 Å². The smallest absolute Gasteiger partial charge is 0.243 e. The zero-order valence-electron chi connectivity index (χ0n) is 20.4. The molecule has 1 atom stereocenters. The van der Waals surface area contributed by atoms with E-state index in [2.05, 4.69) is 10.1 Å². The minimum Gasteiger partial charge on any atom is -0.291 e. The number of fused-ring (bicyclic) bond motifs is 2. The number of sulfonamides is 1. The van der Waals surface area contributed by atoms with Crippen LogP contribution in [0.25, 0.3) is 11.8 Å². The number of hydrogen-bond acceptors (Lipinski definition) is 5. The summed E-state index contributed by atoms with van der Waals surface area (Å²) < 4.78 is 57.8. The summed E-state index contributed by atoms with van der Waals surface area (Å²) in [5.74, 6) is -1.52. The Morgan fingerprint density at radius 1 is 1.05 bits per heavy atom. The van der Waals surface area contributed by atoms with E-state index in [1.807, 2.05) is 6.08 Å². The molecule has 4 aromatic rings. The number of pyridine rings is 1. The highest BCUT2D eigenvalue weighted by molar-refractivity contribution is 7.89. The molecule has 11 heteroatoms. The lowest BCUT2D eigenvalue weighted by molar-refractivity contribution is 0.0770. The molecule has 2 aliphatic rings. The van der Waals surface area contributed by atoms with Crippen molar-refractivity contribution < 1.29 is 22.0 Å². The SMILES string of the molecule is O=C(c1ccccn1)[C@]12Cc3cnn(-c4ccc(F)cc4)c3C=C1CCN(S(=O)(=O)c1ccc(Cl)c(F)c1)C2. The van der Waals surface area contributed by atoms with Gasteiger partial charge < -0.3 is 0 Å². The lowest BCUT2D eigenvalue weighted by atomic mass is 9.65. The molecule has 3 heterocycles. The quantitative estimate of drug-likeness (QED) is 0.314. The molecule has 0 saturated carbocycles. The number of halogens is 3. The number of carbonyl (C=O) groups excluding carboxylic acids is 1. The Bertz CT molecular complexity index is 1740. The standard InChI is InChI=1S/C28H21ClF2N4O3S/c29-23-9-8-22(14-24(23)31)39(37,38)34-12-10-19-13-26-18(16-33-35(26)21-6-4-20(30)5-7-21)15-28(19,17-34)27(36)25-3-1-2-11-32-25/h1-9,11,13-14,16H,10,12,15,17H2/t28-/m0/s1. The Kier molecular flexibility index (Phi) is 6.21. The molecule has 39 heavy (non-hydrogen) atoms. The lowest BCUT2D eigenvalue weighted by Gasteiger charge is -2.44. The van der Waals surface area contributed by atoms with E-state index >= 15 is 0 Å². The first-order valence-corrected chi connectivity index (χ1v) is 14.0. The van der Waals surface area contributed by atoms with Crippen molar-refractivity contribution in [1.29, 1.82) is 0 Å². The zero-order chi connectivity index (χ0) is 27.4. The summed E-state index contributed by atoms with van der Waals surface area (Å²) in [5.41, 5.74) is 1.87. The molecule has 0 radical (unpaired) electrons. The summed E-state index contributed by atoms with van der Waals surface area (Å²) in [4.78, 5) is 18.1. The predicted octanol–water partition coefficient (Wildman–Crippen LogP) is 5.10. The highest BCUT2D eigenvalue weighted by Crippen LogP contribution is 2.47. The van der Waals surface area contributed by atoms with Crippen LogP contribution in [-0.4, -0.2) is 46.4 Å². The van der Waals surface area contributed by atoms with Crippen LogP contribution in [0, 0.1) is 17.0 Å². The van der Waals surface area contributed by atoms with Gasteiger partial charge in [-0.3, -0.25) is 9.78 Å². The van der Waals surface area contributed by atoms with E-state index in [9.17, 15) is 22.0 Å². The number of piperidine rings is 1. The van der Waals surface area contributed by atoms with E-state index in [-0.39, 0.29) is 53.1 Å². The molecule has 0 spiro atoms. The van der Waals surface area contributed by atoms with Crippen molar-refractivity contribution in [3.63, 3.8) is 0 Å². The first kappa shape index (κ1) is 25.5. The third kappa shape index (κ3) is 4.28. The van der Waals surface area contributed by atoms with Crippen molar-refractivity contribution in [3.05, 3.63) is 112 Å². The maximum atomic E-state index is 14.2. The van der Waals surface area contributed by atoms with Crippen LogP contribution >= 0.6 is 11.6 Å².